The lowest BCUT2D eigenvalue weighted by Gasteiger charge is -2.29. The molecule has 1 aliphatic rings. The molecule has 2 N–H and O–H groups in total. The van der Waals surface area contributed by atoms with E-state index < -0.39 is 16.8 Å². The number of carbonyl (C=O) groups is 2. The third-order valence-electron chi connectivity index (χ3n) is 3.65. The maximum absolute atomic E-state index is 12.0. The van der Waals surface area contributed by atoms with Crippen LogP contribution >= 0.6 is 24.0 Å². The highest BCUT2D eigenvalue weighted by molar-refractivity contribution is 6.32. The molecule has 1 unspecified atom stereocenters. The Morgan fingerprint density at radius 3 is 2.79 bits per heavy atom. The van der Waals surface area contributed by atoms with E-state index in [2.05, 4.69) is 5.32 Å². The van der Waals surface area contributed by atoms with Crippen LogP contribution in [0.15, 0.2) is 18.2 Å². The number of rotatable bonds is 5. The van der Waals surface area contributed by atoms with Crippen LogP contribution in [0, 0.1) is 16.0 Å². The van der Waals surface area contributed by atoms with Gasteiger partial charge < -0.3 is 10.4 Å². The van der Waals surface area contributed by atoms with Crippen LogP contribution in [0.2, 0.25) is 5.02 Å². The molecule has 1 atom stereocenters. The Balaban J connectivity index is 0.00000288. The standard InChI is InChI=1S/C14H16ClN3O5.ClH/c15-11-4-3-10(6-12(11)18(22)23)16-13(19)8-17-5-1-2-9(7-17)14(20)21;/h3-4,6,9H,1-2,5,7-8H2,(H,16,19)(H,20,21);1H. The van der Waals surface area contributed by atoms with Crippen molar-refractivity contribution in [1.29, 1.82) is 0 Å². The fraction of sp³-hybridized carbons (Fsp3) is 0.429. The lowest BCUT2D eigenvalue weighted by Crippen LogP contribution is -2.42. The highest BCUT2D eigenvalue weighted by Gasteiger charge is 2.26. The third kappa shape index (κ3) is 5.33. The van der Waals surface area contributed by atoms with Gasteiger partial charge in [0.05, 0.1) is 17.4 Å². The molecule has 0 saturated carbocycles. The van der Waals surface area contributed by atoms with Crippen molar-refractivity contribution in [2.75, 3.05) is 25.0 Å². The molecule has 24 heavy (non-hydrogen) atoms. The van der Waals surface area contributed by atoms with Crippen LogP contribution in [0.5, 0.6) is 0 Å². The Kier molecular flexibility index (Phi) is 7.40. The Morgan fingerprint density at radius 2 is 2.17 bits per heavy atom. The summed E-state index contributed by atoms with van der Waals surface area (Å²) in [5.74, 6) is -1.68. The number of anilines is 1. The number of nitro groups is 1. The zero-order valence-corrected chi connectivity index (χ0v) is 14.2. The van der Waals surface area contributed by atoms with Gasteiger partial charge in [-0.1, -0.05) is 11.6 Å². The Hall–Kier alpha value is -1.90. The maximum atomic E-state index is 12.0. The van der Waals surface area contributed by atoms with Crippen molar-refractivity contribution in [3.05, 3.63) is 33.3 Å². The van der Waals surface area contributed by atoms with Crippen LogP contribution in [0.1, 0.15) is 12.8 Å². The number of hydrogen-bond donors (Lipinski definition) is 2. The van der Waals surface area contributed by atoms with Gasteiger partial charge in [0.2, 0.25) is 5.91 Å². The first kappa shape index (κ1) is 20.1. The number of likely N-dealkylation sites (tertiary alicyclic amines) is 1. The molecule has 1 aromatic carbocycles. The van der Waals surface area contributed by atoms with E-state index in [-0.39, 0.29) is 41.3 Å². The summed E-state index contributed by atoms with van der Waals surface area (Å²) in [5, 5.41) is 22.4. The second-order valence-corrected chi connectivity index (χ2v) is 5.79. The van der Waals surface area contributed by atoms with Crippen molar-refractivity contribution in [3.63, 3.8) is 0 Å². The molecule has 2 rings (SSSR count). The Bertz CT molecular complexity index is 641. The van der Waals surface area contributed by atoms with Crippen LogP contribution in [0.3, 0.4) is 0 Å². The van der Waals surface area contributed by atoms with E-state index in [1.807, 2.05) is 0 Å². The van der Waals surface area contributed by atoms with Crippen molar-refractivity contribution in [2.24, 2.45) is 5.92 Å². The van der Waals surface area contributed by atoms with Crippen LogP contribution in [-0.4, -0.2) is 46.4 Å². The predicted octanol–water partition coefficient (Wildman–Crippen LogP) is 2.41. The summed E-state index contributed by atoms with van der Waals surface area (Å²) in [6.07, 6.45) is 1.33. The summed E-state index contributed by atoms with van der Waals surface area (Å²) in [5.41, 5.74) is -0.00808. The number of amides is 1. The third-order valence-corrected chi connectivity index (χ3v) is 3.97. The molecule has 0 aliphatic carbocycles. The smallest absolute Gasteiger partial charge is 0.307 e. The van der Waals surface area contributed by atoms with Crippen LogP contribution in [-0.2, 0) is 9.59 Å². The van der Waals surface area contributed by atoms with Gasteiger partial charge in [0, 0.05) is 18.3 Å². The van der Waals surface area contributed by atoms with Crippen molar-refractivity contribution in [3.8, 4) is 0 Å². The molecular formula is C14H17Cl2N3O5. The molecule has 0 bridgehead atoms. The fourth-order valence-corrected chi connectivity index (χ4v) is 2.72. The zero-order chi connectivity index (χ0) is 17.0. The van der Waals surface area contributed by atoms with Gasteiger partial charge in [-0.3, -0.25) is 24.6 Å². The number of aliphatic carboxylic acids is 1. The normalized spacial score (nSPS) is 17.6. The fourth-order valence-electron chi connectivity index (χ4n) is 2.53. The van der Waals surface area contributed by atoms with Gasteiger partial charge >= 0.3 is 5.97 Å². The molecule has 1 aliphatic heterocycles. The minimum absolute atomic E-state index is 0. The molecule has 1 saturated heterocycles. The molecule has 132 valence electrons. The monoisotopic (exact) mass is 377 g/mol. The molecular weight excluding hydrogens is 361 g/mol. The first-order valence-electron chi connectivity index (χ1n) is 7.06. The summed E-state index contributed by atoms with van der Waals surface area (Å²) in [6, 6.07) is 4.01. The quantitative estimate of drug-likeness (QED) is 0.601. The lowest BCUT2D eigenvalue weighted by atomic mass is 9.98. The predicted molar refractivity (Wildman–Crippen MR) is 90.8 cm³/mol. The number of nitrogens with one attached hydrogen (secondary N) is 1. The SMILES string of the molecule is Cl.O=C(CN1CCCC(C(=O)O)C1)Nc1ccc(Cl)c([N+](=O)[O-])c1. The van der Waals surface area contributed by atoms with Crippen molar-refractivity contribution < 1.29 is 19.6 Å². The summed E-state index contributed by atoms with van der Waals surface area (Å²) >= 11 is 5.71. The number of hydrogen-bond acceptors (Lipinski definition) is 5. The molecule has 1 fully saturated rings. The van der Waals surface area contributed by atoms with Crippen molar-refractivity contribution in [1.82, 2.24) is 4.90 Å². The molecule has 0 spiro atoms. The number of carbonyl (C=O) groups excluding carboxylic acids is 1. The van der Waals surface area contributed by atoms with Gasteiger partial charge in [-0.2, -0.15) is 0 Å². The number of carboxylic acids is 1. The number of benzene rings is 1. The first-order valence-corrected chi connectivity index (χ1v) is 7.43. The van der Waals surface area contributed by atoms with E-state index in [9.17, 15) is 19.7 Å². The summed E-state index contributed by atoms with van der Waals surface area (Å²) in [6.45, 7) is 1.02. The topological polar surface area (TPSA) is 113 Å². The summed E-state index contributed by atoms with van der Waals surface area (Å²) in [4.78, 5) is 35.0. The number of piperidine rings is 1. The average Bonchev–Trinajstić information content (AvgIpc) is 2.49. The van der Waals surface area contributed by atoms with Gasteiger partial charge in [0.1, 0.15) is 5.02 Å². The minimum atomic E-state index is -0.858. The van der Waals surface area contributed by atoms with Crippen LogP contribution < -0.4 is 5.32 Å². The summed E-state index contributed by atoms with van der Waals surface area (Å²) < 4.78 is 0. The second kappa shape index (κ2) is 8.81. The van der Waals surface area contributed by atoms with E-state index >= 15 is 0 Å². The van der Waals surface area contributed by atoms with Crippen LogP contribution in [0.25, 0.3) is 0 Å². The highest BCUT2D eigenvalue weighted by atomic mass is 35.5. The van der Waals surface area contributed by atoms with Crippen molar-refractivity contribution in [2.45, 2.75) is 12.8 Å². The second-order valence-electron chi connectivity index (χ2n) is 5.38. The zero-order valence-electron chi connectivity index (χ0n) is 12.6. The van der Waals surface area contributed by atoms with Gasteiger partial charge in [0.25, 0.3) is 5.69 Å². The highest BCUT2D eigenvalue weighted by Crippen LogP contribution is 2.27. The first-order chi connectivity index (χ1) is 10.9. The maximum Gasteiger partial charge on any atom is 0.307 e. The largest absolute Gasteiger partial charge is 0.481 e. The van der Waals surface area contributed by atoms with Gasteiger partial charge in [-0.25, -0.2) is 0 Å². The van der Waals surface area contributed by atoms with Crippen molar-refractivity contribution >= 4 is 47.3 Å². The summed E-state index contributed by atoms with van der Waals surface area (Å²) in [7, 11) is 0. The number of halogens is 2. The molecule has 1 amide bonds. The van der Waals surface area contributed by atoms with Gasteiger partial charge in [-0.15, -0.1) is 12.4 Å². The lowest BCUT2D eigenvalue weighted by molar-refractivity contribution is -0.384. The van der Waals surface area contributed by atoms with E-state index in [0.29, 0.717) is 19.5 Å². The molecule has 0 radical (unpaired) electrons. The number of nitrogens with zero attached hydrogens (tertiary/aromatic N) is 2. The Labute approximate surface area is 149 Å². The Morgan fingerprint density at radius 1 is 1.46 bits per heavy atom. The van der Waals surface area contributed by atoms with Crippen LogP contribution in [0.4, 0.5) is 11.4 Å². The molecule has 8 nitrogen and oxygen atoms in total. The van der Waals surface area contributed by atoms with Gasteiger partial charge in [0.15, 0.2) is 0 Å². The molecule has 1 heterocycles. The molecule has 0 aromatic heterocycles. The van der Waals surface area contributed by atoms with E-state index in [1.54, 1.807) is 4.90 Å². The van der Waals surface area contributed by atoms with E-state index in [0.717, 1.165) is 6.42 Å². The van der Waals surface area contributed by atoms with E-state index in [1.165, 1.54) is 18.2 Å². The van der Waals surface area contributed by atoms with E-state index in [4.69, 9.17) is 16.7 Å². The molecule has 10 heteroatoms. The minimum Gasteiger partial charge on any atom is -0.481 e. The van der Waals surface area contributed by atoms with Gasteiger partial charge in [-0.05, 0) is 31.5 Å². The number of carboxylic acid groups (broad SMARTS) is 1. The number of nitro benzene ring substituents is 1. The molecule has 1 aromatic rings. The average molecular weight is 378 g/mol.